The number of halogens is 1. The fourth-order valence-electron chi connectivity index (χ4n) is 3.32. The minimum atomic E-state index is -0.267. The molecule has 0 atom stereocenters. The first-order valence-corrected chi connectivity index (χ1v) is 11.1. The maximum absolute atomic E-state index is 12.5. The number of fused-ring (bicyclic) bond motifs is 1. The zero-order valence-corrected chi connectivity index (χ0v) is 19.9. The van der Waals surface area contributed by atoms with Gasteiger partial charge in [-0.2, -0.15) is 4.80 Å². The Balaban J connectivity index is 1.52. The number of ether oxygens (including phenoxy) is 1. The Morgan fingerprint density at radius 3 is 2.42 bits per heavy atom. The Bertz CT molecular complexity index is 1350. The molecule has 7 nitrogen and oxygen atoms in total. The number of rotatable bonds is 5. The van der Waals surface area contributed by atoms with Crippen molar-refractivity contribution in [1.82, 2.24) is 20.3 Å². The average molecular weight is 480 g/mol. The normalized spacial score (nSPS) is 10.8. The molecule has 168 valence electrons. The molecule has 0 spiro atoms. The summed E-state index contributed by atoms with van der Waals surface area (Å²) in [6.45, 7) is 4.00. The highest BCUT2D eigenvalue weighted by Gasteiger charge is 2.13. The lowest BCUT2D eigenvalue weighted by molar-refractivity contribution is 0.0977. The number of amides is 1. The highest BCUT2D eigenvalue weighted by molar-refractivity contribution is 7.80. The Morgan fingerprint density at radius 1 is 1.09 bits per heavy atom. The van der Waals surface area contributed by atoms with Crippen molar-refractivity contribution in [2.75, 3.05) is 12.4 Å². The first-order valence-electron chi connectivity index (χ1n) is 10.3. The molecule has 4 aromatic rings. The van der Waals surface area contributed by atoms with Gasteiger partial charge in [-0.15, -0.1) is 10.2 Å². The van der Waals surface area contributed by atoms with E-state index in [0.717, 1.165) is 23.2 Å². The second-order valence-electron chi connectivity index (χ2n) is 7.42. The molecule has 4 rings (SSSR count). The maximum Gasteiger partial charge on any atom is 0.257 e. The van der Waals surface area contributed by atoms with Crippen molar-refractivity contribution in [2.24, 2.45) is 0 Å². The topological polar surface area (TPSA) is 81.1 Å². The van der Waals surface area contributed by atoms with Crippen LogP contribution in [0.4, 0.5) is 5.69 Å². The summed E-state index contributed by atoms with van der Waals surface area (Å²) in [6, 6.07) is 16.5. The third kappa shape index (κ3) is 4.97. The summed E-state index contributed by atoms with van der Waals surface area (Å²) in [4.78, 5) is 14.0. The van der Waals surface area contributed by atoms with Gasteiger partial charge < -0.3 is 10.1 Å². The Labute approximate surface area is 201 Å². The number of nitrogens with one attached hydrogen (secondary N) is 2. The minimum absolute atomic E-state index is 0.205. The van der Waals surface area contributed by atoms with Gasteiger partial charge in [0.25, 0.3) is 5.91 Å². The fraction of sp³-hybridized carbons (Fsp3) is 0.167. The van der Waals surface area contributed by atoms with Crippen LogP contribution in [0.25, 0.3) is 16.7 Å². The van der Waals surface area contributed by atoms with Gasteiger partial charge in [0.2, 0.25) is 0 Å². The van der Waals surface area contributed by atoms with E-state index in [1.165, 1.54) is 10.4 Å². The van der Waals surface area contributed by atoms with E-state index in [-0.39, 0.29) is 11.0 Å². The number of methoxy groups -OCH3 is 1. The summed E-state index contributed by atoms with van der Waals surface area (Å²) >= 11 is 11.6. The summed E-state index contributed by atoms with van der Waals surface area (Å²) in [5.41, 5.74) is 5.45. The van der Waals surface area contributed by atoms with Crippen LogP contribution in [0.2, 0.25) is 5.02 Å². The third-order valence-electron chi connectivity index (χ3n) is 5.19. The smallest absolute Gasteiger partial charge is 0.257 e. The van der Waals surface area contributed by atoms with Crippen LogP contribution in [0.1, 0.15) is 28.4 Å². The van der Waals surface area contributed by atoms with Crippen LogP contribution in [0.3, 0.4) is 0 Å². The molecule has 3 aromatic carbocycles. The number of carbonyl (C=O) groups excluding carboxylic acids is 1. The maximum atomic E-state index is 12.5. The van der Waals surface area contributed by atoms with Crippen LogP contribution < -0.4 is 15.4 Å². The first kappa shape index (κ1) is 22.7. The number of hydrogen-bond donors (Lipinski definition) is 2. The molecule has 1 heterocycles. The van der Waals surface area contributed by atoms with Crippen molar-refractivity contribution < 1.29 is 9.53 Å². The van der Waals surface area contributed by atoms with Gasteiger partial charge >= 0.3 is 0 Å². The third-order valence-corrected chi connectivity index (χ3v) is 5.69. The van der Waals surface area contributed by atoms with Gasteiger partial charge in [0.05, 0.1) is 17.8 Å². The number of anilines is 1. The molecule has 1 aromatic heterocycles. The van der Waals surface area contributed by atoms with E-state index in [0.29, 0.717) is 27.5 Å². The summed E-state index contributed by atoms with van der Waals surface area (Å²) in [5.74, 6) is 0.313. The number of aromatic nitrogens is 3. The molecule has 0 bridgehead atoms. The molecule has 0 unspecified atom stereocenters. The molecule has 0 aliphatic carbocycles. The summed E-state index contributed by atoms with van der Waals surface area (Å²) in [5, 5.41) is 15.6. The van der Waals surface area contributed by atoms with E-state index in [1.807, 2.05) is 37.3 Å². The molecule has 0 aliphatic heterocycles. The van der Waals surface area contributed by atoms with E-state index < -0.39 is 0 Å². The van der Waals surface area contributed by atoms with E-state index in [1.54, 1.807) is 31.4 Å². The molecule has 9 heteroatoms. The van der Waals surface area contributed by atoms with E-state index in [9.17, 15) is 4.79 Å². The number of carbonyl (C=O) groups is 1. The number of nitrogens with zero attached hydrogens (tertiary/aromatic N) is 3. The Kier molecular flexibility index (Phi) is 6.57. The van der Waals surface area contributed by atoms with Gasteiger partial charge in [0.15, 0.2) is 5.11 Å². The van der Waals surface area contributed by atoms with Crippen LogP contribution in [-0.2, 0) is 6.42 Å². The minimum Gasteiger partial charge on any atom is -0.495 e. The lowest BCUT2D eigenvalue weighted by Crippen LogP contribution is -2.34. The molecule has 1 amide bonds. The summed E-state index contributed by atoms with van der Waals surface area (Å²) < 4.78 is 5.20. The summed E-state index contributed by atoms with van der Waals surface area (Å²) in [7, 11) is 1.56. The van der Waals surface area contributed by atoms with E-state index in [4.69, 9.17) is 28.6 Å². The Morgan fingerprint density at radius 2 is 1.79 bits per heavy atom. The molecule has 2 N–H and O–H groups in total. The molecule has 0 radical (unpaired) electrons. The lowest BCUT2D eigenvalue weighted by atomic mass is 10.1. The van der Waals surface area contributed by atoms with Gasteiger partial charge in [0.1, 0.15) is 16.8 Å². The van der Waals surface area contributed by atoms with E-state index >= 15 is 0 Å². The van der Waals surface area contributed by atoms with Gasteiger partial charge in [-0.05, 0) is 79.2 Å². The molecule has 33 heavy (non-hydrogen) atoms. The SMILES string of the molecule is CCc1ccc(C(=O)NC(=S)Nc2cc3nn(-c4ccc(OC)c(Cl)c4)nc3cc2C)cc1. The van der Waals surface area contributed by atoms with Crippen LogP contribution >= 0.6 is 23.8 Å². The molecule has 0 saturated carbocycles. The second-order valence-corrected chi connectivity index (χ2v) is 8.24. The van der Waals surface area contributed by atoms with Crippen LogP contribution in [-0.4, -0.2) is 33.1 Å². The Hall–Kier alpha value is -3.49. The molecular formula is C24H22ClN5O2S. The van der Waals surface area contributed by atoms with Gasteiger partial charge in [-0.3, -0.25) is 10.1 Å². The van der Waals surface area contributed by atoms with Crippen LogP contribution in [0, 0.1) is 6.92 Å². The number of aryl methyl sites for hydroxylation is 2. The van der Waals surface area contributed by atoms with Crippen molar-refractivity contribution in [3.63, 3.8) is 0 Å². The predicted molar refractivity (Wildman–Crippen MR) is 135 cm³/mol. The highest BCUT2D eigenvalue weighted by atomic mass is 35.5. The highest BCUT2D eigenvalue weighted by Crippen LogP contribution is 2.27. The lowest BCUT2D eigenvalue weighted by Gasteiger charge is -2.12. The van der Waals surface area contributed by atoms with Crippen molar-refractivity contribution in [3.8, 4) is 11.4 Å². The van der Waals surface area contributed by atoms with E-state index in [2.05, 4.69) is 27.8 Å². The average Bonchev–Trinajstić information content (AvgIpc) is 3.21. The fourth-order valence-corrected chi connectivity index (χ4v) is 3.77. The zero-order chi connectivity index (χ0) is 23.5. The standard InChI is InChI=1S/C24H22ClN5O2S/c1-4-15-5-7-16(8-6-15)23(31)27-24(33)26-19-13-21-20(11-14(19)2)28-30(29-21)17-9-10-22(32-3)18(25)12-17/h5-13H,4H2,1-3H3,(H2,26,27,31,33). The number of hydrogen-bond acceptors (Lipinski definition) is 5. The van der Waals surface area contributed by atoms with Crippen molar-refractivity contribution >= 4 is 51.6 Å². The molecule has 0 aliphatic rings. The largest absolute Gasteiger partial charge is 0.495 e. The molecule has 0 saturated heterocycles. The van der Waals surface area contributed by atoms with Crippen molar-refractivity contribution in [1.29, 1.82) is 0 Å². The summed E-state index contributed by atoms with van der Waals surface area (Å²) in [6.07, 6.45) is 0.916. The quantitative estimate of drug-likeness (QED) is 0.388. The van der Waals surface area contributed by atoms with Crippen molar-refractivity contribution in [3.05, 3.63) is 76.3 Å². The molecule has 0 fully saturated rings. The number of thiocarbonyl (C=S) groups is 1. The zero-order valence-electron chi connectivity index (χ0n) is 18.3. The second kappa shape index (κ2) is 9.56. The number of benzene rings is 3. The first-order chi connectivity index (χ1) is 15.9. The molecular weight excluding hydrogens is 458 g/mol. The monoisotopic (exact) mass is 479 g/mol. The van der Waals surface area contributed by atoms with Gasteiger partial charge in [-0.25, -0.2) is 0 Å². The van der Waals surface area contributed by atoms with Crippen LogP contribution in [0.5, 0.6) is 5.75 Å². The van der Waals surface area contributed by atoms with Gasteiger partial charge in [-0.1, -0.05) is 30.7 Å². The predicted octanol–water partition coefficient (Wildman–Crippen LogP) is 5.08. The van der Waals surface area contributed by atoms with Gasteiger partial charge in [0, 0.05) is 11.3 Å². The van der Waals surface area contributed by atoms with Crippen molar-refractivity contribution in [2.45, 2.75) is 20.3 Å². The van der Waals surface area contributed by atoms with Crippen LogP contribution in [0.15, 0.2) is 54.6 Å².